The molecule has 6 heteroatoms. The van der Waals surface area contributed by atoms with Crippen molar-refractivity contribution in [2.75, 3.05) is 0 Å². The molecule has 2 N–H and O–H groups in total. The molecule has 0 spiro atoms. The van der Waals surface area contributed by atoms with E-state index in [0.717, 1.165) is 0 Å². The van der Waals surface area contributed by atoms with E-state index < -0.39 is 5.97 Å². The molecule has 0 unspecified atom stereocenters. The molecule has 1 heterocycles. The van der Waals surface area contributed by atoms with Gasteiger partial charge in [0.15, 0.2) is 0 Å². The maximum absolute atomic E-state index is 11.0. The van der Waals surface area contributed by atoms with Crippen LogP contribution in [0.1, 0.15) is 23.1 Å². The van der Waals surface area contributed by atoms with Gasteiger partial charge in [-0.3, -0.25) is 4.68 Å². The zero-order chi connectivity index (χ0) is 13.8. The van der Waals surface area contributed by atoms with Crippen molar-refractivity contribution < 1.29 is 19.7 Å². The van der Waals surface area contributed by atoms with E-state index >= 15 is 0 Å². The number of carboxylic acids is 1. The number of phenols is 1. The molecule has 0 fully saturated rings. The lowest BCUT2D eigenvalue weighted by atomic mass is 10.3. The monoisotopic (exact) mass is 262 g/mol. The molecule has 2 aromatic rings. The summed E-state index contributed by atoms with van der Waals surface area (Å²) in [6.07, 6.45) is 0. The molecule has 0 aliphatic rings. The fraction of sp³-hybridized carbons (Fsp3) is 0.231. The lowest BCUT2D eigenvalue weighted by Crippen LogP contribution is -2.08. The average molecular weight is 262 g/mol. The first-order chi connectivity index (χ1) is 9.10. The molecule has 19 heavy (non-hydrogen) atoms. The van der Waals surface area contributed by atoms with E-state index in [1.165, 1.54) is 22.9 Å². The molecule has 1 aromatic heterocycles. The number of nitrogens with zero attached hydrogens (tertiary/aromatic N) is 2. The predicted octanol–water partition coefficient (Wildman–Crippen LogP) is 1.89. The van der Waals surface area contributed by atoms with Crippen LogP contribution in [0.3, 0.4) is 0 Å². The number of benzene rings is 1. The topological polar surface area (TPSA) is 84.6 Å². The Labute approximate surface area is 109 Å². The Balaban J connectivity index is 2.07. The fourth-order valence-electron chi connectivity index (χ4n) is 1.65. The van der Waals surface area contributed by atoms with Gasteiger partial charge in [0.1, 0.15) is 29.5 Å². The van der Waals surface area contributed by atoms with Crippen LogP contribution in [0.4, 0.5) is 0 Å². The zero-order valence-corrected chi connectivity index (χ0v) is 10.4. The van der Waals surface area contributed by atoms with Gasteiger partial charge in [0.05, 0.1) is 0 Å². The Hall–Kier alpha value is -2.50. The van der Waals surface area contributed by atoms with Crippen LogP contribution in [0.25, 0.3) is 0 Å². The van der Waals surface area contributed by atoms with Crippen LogP contribution in [0.15, 0.2) is 30.3 Å². The Morgan fingerprint density at radius 2 is 2.05 bits per heavy atom. The third-order valence-corrected chi connectivity index (χ3v) is 2.57. The van der Waals surface area contributed by atoms with Gasteiger partial charge < -0.3 is 14.9 Å². The summed E-state index contributed by atoms with van der Waals surface area (Å²) in [5, 5.41) is 22.3. The number of aromatic nitrogens is 2. The minimum absolute atomic E-state index is 0.145. The molecule has 0 saturated carbocycles. The molecule has 0 amide bonds. The number of aromatic carboxylic acids is 1. The second-order valence-electron chi connectivity index (χ2n) is 3.92. The largest absolute Gasteiger partial charge is 0.508 e. The number of hydrogen-bond donors (Lipinski definition) is 2. The average Bonchev–Trinajstić information content (AvgIpc) is 2.81. The lowest BCUT2D eigenvalue weighted by Gasteiger charge is -2.03. The van der Waals surface area contributed by atoms with Crippen molar-refractivity contribution in [3.63, 3.8) is 0 Å². The van der Waals surface area contributed by atoms with Gasteiger partial charge in [0, 0.05) is 6.54 Å². The van der Waals surface area contributed by atoms with Crippen LogP contribution in [0.5, 0.6) is 11.5 Å². The van der Waals surface area contributed by atoms with Crippen LogP contribution in [-0.4, -0.2) is 26.0 Å². The highest BCUT2D eigenvalue weighted by molar-refractivity contribution is 5.85. The number of carboxylic acid groups (broad SMARTS) is 1. The molecular formula is C13H14N2O4. The summed E-state index contributed by atoms with van der Waals surface area (Å²) in [5.41, 5.74) is 0.694. The number of ether oxygens (including phenoxy) is 1. The minimum Gasteiger partial charge on any atom is -0.508 e. The molecule has 0 bridgehead atoms. The third-order valence-electron chi connectivity index (χ3n) is 2.57. The number of phenolic OH excluding ortho intramolecular Hbond substituents is 1. The van der Waals surface area contributed by atoms with Crippen LogP contribution < -0.4 is 4.74 Å². The molecule has 100 valence electrons. The maximum atomic E-state index is 11.0. The highest BCUT2D eigenvalue weighted by Gasteiger charge is 2.13. The molecule has 0 saturated heterocycles. The highest BCUT2D eigenvalue weighted by atomic mass is 16.5. The van der Waals surface area contributed by atoms with Gasteiger partial charge >= 0.3 is 5.97 Å². The quantitative estimate of drug-likeness (QED) is 0.859. The molecule has 0 atom stereocenters. The summed E-state index contributed by atoms with van der Waals surface area (Å²) in [7, 11) is 0. The Bertz CT molecular complexity index is 575. The zero-order valence-electron chi connectivity index (χ0n) is 10.4. The standard InChI is InChI=1S/C13H14N2O4/c1-2-15-12(13(17)18)7-9(14-15)8-19-11-5-3-10(16)4-6-11/h3-7,16H,2,8H2,1H3,(H,17,18). The van der Waals surface area contributed by atoms with E-state index in [1.807, 2.05) is 6.92 Å². The molecule has 6 nitrogen and oxygen atoms in total. The summed E-state index contributed by atoms with van der Waals surface area (Å²) < 4.78 is 6.87. The Morgan fingerprint density at radius 1 is 1.37 bits per heavy atom. The number of hydrogen-bond acceptors (Lipinski definition) is 4. The minimum atomic E-state index is -1.01. The van der Waals surface area contributed by atoms with Crippen molar-refractivity contribution in [3.8, 4) is 11.5 Å². The second kappa shape index (κ2) is 5.43. The van der Waals surface area contributed by atoms with E-state index in [9.17, 15) is 4.79 Å². The number of aromatic hydroxyl groups is 1. The first kappa shape index (κ1) is 12.9. The lowest BCUT2D eigenvalue weighted by molar-refractivity contribution is 0.0683. The van der Waals surface area contributed by atoms with Gasteiger partial charge in [-0.25, -0.2) is 4.79 Å². The van der Waals surface area contributed by atoms with Crippen LogP contribution >= 0.6 is 0 Å². The van der Waals surface area contributed by atoms with Gasteiger partial charge in [0.25, 0.3) is 0 Å². The normalized spacial score (nSPS) is 10.4. The van der Waals surface area contributed by atoms with Crippen molar-refractivity contribution >= 4 is 5.97 Å². The van der Waals surface area contributed by atoms with Crippen molar-refractivity contribution in [3.05, 3.63) is 41.7 Å². The second-order valence-corrected chi connectivity index (χ2v) is 3.92. The summed E-state index contributed by atoms with van der Waals surface area (Å²) in [5.74, 6) is -0.262. The van der Waals surface area contributed by atoms with Gasteiger partial charge in [-0.15, -0.1) is 0 Å². The van der Waals surface area contributed by atoms with Gasteiger partial charge in [-0.05, 0) is 37.3 Å². The van der Waals surface area contributed by atoms with Crippen molar-refractivity contribution in [1.29, 1.82) is 0 Å². The summed E-state index contributed by atoms with van der Waals surface area (Å²) in [4.78, 5) is 11.0. The van der Waals surface area contributed by atoms with E-state index in [2.05, 4.69) is 5.10 Å². The van der Waals surface area contributed by atoms with Crippen LogP contribution in [-0.2, 0) is 13.2 Å². The van der Waals surface area contributed by atoms with E-state index in [-0.39, 0.29) is 18.1 Å². The van der Waals surface area contributed by atoms with Gasteiger partial charge in [-0.1, -0.05) is 0 Å². The molecule has 0 aliphatic carbocycles. The predicted molar refractivity (Wildman–Crippen MR) is 67.3 cm³/mol. The number of carbonyl (C=O) groups is 1. The van der Waals surface area contributed by atoms with E-state index in [0.29, 0.717) is 18.0 Å². The van der Waals surface area contributed by atoms with Crippen LogP contribution in [0, 0.1) is 0 Å². The van der Waals surface area contributed by atoms with E-state index in [1.54, 1.807) is 12.1 Å². The first-order valence-electron chi connectivity index (χ1n) is 5.82. The molecule has 0 aliphatic heterocycles. The smallest absolute Gasteiger partial charge is 0.354 e. The fourth-order valence-corrected chi connectivity index (χ4v) is 1.65. The van der Waals surface area contributed by atoms with Gasteiger partial charge in [-0.2, -0.15) is 5.10 Å². The summed E-state index contributed by atoms with van der Waals surface area (Å²) in [6.45, 7) is 2.49. The highest BCUT2D eigenvalue weighted by Crippen LogP contribution is 2.17. The maximum Gasteiger partial charge on any atom is 0.354 e. The first-order valence-corrected chi connectivity index (χ1v) is 5.82. The van der Waals surface area contributed by atoms with E-state index in [4.69, 9.17) is 14.9 Å². The molecule has 2 rings (SSSR count). The summed E-state index contributed by atoms with van der Waals surface area (Å²) in [6, 6.07) is 7.78. The summed E-state index contributed by atoms with van der Waals surface area (Å²) >= 11 is 0. The molecular weight excluding hydrogens is 248 g/mol. The van der Waals surface area contributed by atoms with Crippen molar-refractivity contribution in [1.82, 2.24) is 9.78 Å². The number of aryl methyl sites for hydroxylation is 1. The van der Waals surface area contributed by atoms with Crippen LogP contribution in [0.2, 0.25) is 0 Å². The van der Waals surface area contributed by atoms with Crippen molar-refractivity contribution in [2.45, 2.75) is 20.1 Å². The number of rotatable bonds is 5. The van der Waals surface area contributed by atoms with Gasteiger partial charge in [0.2, 0.25) is 0 Å². The Morgan fingerprint density at radius 3 is 2.58 bits per heavy atom. The SMILES string of the molecule is CCn1nc(COc2ccc(O)cc2)cc1C(=O)O. The third kappa shape index (κ3) is 3.04. The Kier molecular flexibility index (Phi) is 3.70. The van der Waals surface area contributed by atoms with Crippen molar-refractivity contribution in [2.24, 2.45) is 0 Å². The molecule has 0 radical (unpaired) electrons. The molecule has 1 aromatic carbocycles.